The summed E-state index contributed by atoms with van der Waals surface area (Å²) in [5.74, 6) is 0. The van der Waals surface area contributed by atoms with Gasteiger partial charge in [0.1, 0.15) is 8.07 Å². The Morgan fingerprint density at radius 2 is 1.48 bits per heavy atom. The van der Waals surface area contributed by atoms with Crippen molar-refractivity contribution in [1.82, 2.24) is 4.98 Å². The molecule has 0 fully saturated rings. The molecule has 23 heavy (non-hydrogen) atoms. The Labute approximate surface area is 137 Å². The number of hydrogen-bond acceptors (Lipinski definition) is 2. The Bertz CT molecular complexity index is 847. The van der Waals surface area contributed by atoms with Gasteiger partial charge in [0.2, 0.25) is 0 Å². The lowest BCUT2D eigenvalue weighted by Crippen LogP contribution is -2.59. The molecule has 0 radical (unpaired) electrons. The summed E-state index contributed by atoms with van der Waals surface area (Å²) in [5, 5.41) is 2.87. The van der Waals surface area contributed by atoms with Gasteiger partial charge in [0, 0.05) is 23.5 Å². The standard InChI is InChI=1S/C20H18N2Si/c1-23(2)18-11-7-6-10-16(18)20(17-14-21-13-12-19(17)23)22-15-8-4-3-5-9-15/h3-14H,1-2H3. The van der Waals surface area contributed by atoms with Crippen LogP contribution >= 0.6 is 0 Å². The number of fused-ring (bicyclic) bond motifs is 2. The van der Waals surface area contributed by atoms with E-state index in [1.165, 1.54) is 21.5 Å². The molecule has 2 heterocycles. The molecule has 0 amide bonds. The summed E-state index contributed by atoms with van der Waals surface area (Å²) in [4.78, 5) is 9.33. The van der Waals surface area contributed by atoms with Crippen molar-refractivity contribution < 1.29 is 0 Å². The molecule has 0 N–H and O–H groups in total. The van der Waals surface area contributed by atoms with E-state index in [-0.39, 0.29) is 0 Å². The van der Waals surface area contributed by atoms with Crippen LogP contribution < -0.4 is 10.4 Å². The van der Waals surface area contributed by atoms with E-state index in [1.54, 1.807) is 0 Å². The monoisotopic (exact) mass is 314 g/mol. The molecule has 3 aromatic rings. The van der Waals surface area contributed by atoms with Crippen LogP contribution in [0.4, 0.5) is 5.69 Å². The zero-order valence-electron chi connectivity index (χ0n) is 13.3. The van der Waals surface area contributed by atoms with E-state index in [2.05, 4.69) is 48.4 Å². The first kappa shape index (κ1) is 14.1. The summed E-state index contributed by atoms with van der Waals surface area (Å²) in [6.07, 6.45) is 3.88. The molecule has 0 aliphatic carbocycles. The molecular weight excluding hydrogens is 296 g/mol. The van der Waals surface area contributed by atoms with Crippen LogP contribution in [0.15, 0.2) is 78.0 Å². The third-order valence-corrected chi connectivity index (χ3v) is 8.17. The highest BCUT2D eigenvalue weighted by Crippen LogP contribution is 2.23. The summed E-state index contributed by atoms with van der Waals surface area (Å²) >= 11 is 0. The topological polar surface area (TPSA) is 25.2 Å². The van der Waals surface area contributed by atoms with Crippen LogP contribution in [-0.4, -0.2) is 18.8 Å². The average molecular weight is 314 g/mol. The molecule has 112 valence electrons. The fraction of sp³-hybridized carbons (Fsp3) is 0.100. The van der Waals surface area contributed by atoms with E-state index < -0.39 is 8.07 Å². The lowest BCUT2D eigenvalue weighted by Gasteiger charge is -2.33. The molecule has 1 aliphatic rings. The molecule has 0 bridgehead atoms. The Morgan fingerprint density at radius 3 is 2.30 bits per heavy atom. The minimum absolute atomic E-state index is 0.980. The fourth-order valence-electron chi connectivity index (χ4n) is 3.41. The summed E-state index contributed by atoms with van der Waals surface area (Å²) in [7, 11) is -1.71. The second-order valence-electron chi connectivity index (χ2n) is 6.39. The molecule has 4 rings (SSSR count). The second kappa shape index (κ2) is 5.28. The first-order valence-electron chi connectivity index (χ1n) is 7.86. The summed E-state index contributed by atoms with van der Waals surface area (Å²) in [5.41, 5.74) is 4.47. The normalized spacial score (nSPS) is 16.7. The Kier molecular flexibility index (Phi) is 3.24. The molecule has 1 aromatic heterocycles. The first-order valence-corrected chi connectivity index (χ1v) is 10.9. The Hall–Kier alpha value is -2.52. The number of pyridine rings is 1. The lowest BCUT2D eigenvalue weighted by molar-refractivity contribution is 1.32. The maximum atomic E-state index is 4.97. The molecule has 2 nitrogen and oxygen atoms in total. The van der Waals surface area contributed by atoms with E-state index in [9.17, 15) is 0 Å². The largest absolute Gasteiger partial charge is 0.264 e. The molecule has 2 aromatic carbocycles. The number of benzene rings is 2. The molecule has 0 saturated carbocycles. The molecule has 1 aliphatic heterocycles. The molecule has 3 heteroatoms. The van der Waals surface area contributed by atoms with Gasteiger partial charge in [-0.25, -0.2) is 4.99 Å². The van der Waals surface area contributed by atoms with Gasteiger partial charge in [-0.05, 0) is 28.6 Å². The van der Waals surface area contributed by atoms with Gasteiger partial charge in [-0.1, -0.05) is 55.6 Å². The molecule has 0 spiro atoms. The van der Waals surface area contributed by atoms with Gasteiger partial charge < -0.3 is 0 Å². The maximum Gasteiger partial charge on any atom is 0.114 e. The lowest BCUT2D eigenvalue weighted by atomic mass is 10.0. The van der Waals surface area contributed by atoms with Crippen molar-refractivity contribution in [1.29, 1.82) is 0 Å². The number of nitrogens with zero attached hydrogens (tertiary/aromatic N) is 2. The van der Waals surface area contributed by atoms with Crippen LogP contribution in [-0.2, 0) is 0 Å². The number of para-hydroxylation sites is 1. The number of hydrogen-bond donors (Lipinski definition) is 0. The van der Waals surface area contributed by atoms with Crippen molar-refractivity contribution in [3.05, 3.63) is 84.2 Å². The predicted octanol–water partition coefficient (Wildman–Crippen LogP) is 3.39. The zero-order chi connectivity index (χ0) is 15.9. The van der Waals surface area contributed by atoms with Crippen molar-refractivity contribution >= 4 is 29.8 Å². The van der Waals surface area contributed by atoms with Crippen LogP contribution in [0.25, 0.3) is 0 Å². The van der Waals surface area contributed by atoms with Gasteiger partial charge in [-0.3, -0.25) is 4.98 Å². The summed E-state index contributed by atoms with van der Waals surface area (Å²) in [6.45, 7) is 4.81. The van der Waals surface area contributed by atoms with Gasteiger partial charge in [0.05, 0.1) is 11.4 Å². The van der Waals surface area contributed by atoms with Gasteiger partial charge in [0.25, 0.3) is 0 Å². The predicted molar refractivity (Wildman–Crippen MR) is 99.2 cm³/mol. The minimum atomic E-state index is -1.71. The summed E-state index contributed by atoms with van der Waals surface area (Å²) in [6, 6.07) is 21.0. The SMILES string of the molecule is C[Si]1(C)c2ccccc2C(=Nc2ccccc2)c2cnccc21. The Morgan fingerprint density at radius 1 is 0.783 bits per heavy atom. The van der Waals surface area contributed by atoms with Crippen LogP contribution in [0, 0.1) is 0 Å². The van der Waals surface area contributed by atoms with Crippen LogP contribution in [0.5, 0.6) is 0 Å². The zero-order valence-corrected chi connectivity index (χ0v) is 14.3. The molecule has 0 atom stereocenters. The minimum Gasteiger partial charge on any atom is -0.264 e. The van der Waals surface area contributed by atoms with E-state index in [0.29, 0.717) is 0 Å². The highest BCUT2D eigenvalue weighted by atomic mass is 28.3. The van der Waals surface area contributed by atoms with Crippen LogP contribution in [0.2, 0.25) is 13.1 Å². The third kappa shape index (κ3) is 2.25. The van der Waals surface area contributed by atoms with Gasteiger partial charge in [-0.2, -0.15) is 0 Å². The Balaban J connectivity index is 2.03. The quantitative estimate of drug-likeness (QED) is 0.632. The highest BCUT2D eigenvalue weighted by molar-refractivity contribution is 7.02. The van der Waals surface area contributed by atoms with Crippen LogP contribution in [0.3, 0.4) is 0 Å². The van der Waals surface area contributed by atoms with Gasteiger partial charge in [-0.15, -0.1) is 0 Å². The van der Waals surface area contributed by atoms with E-state index in [1.807, 2.05) is 42.7 Å². The number of rotatable bonds is 1. The first-order chi connectivity index (χ1) is 11.2. The smallest absolute Gasteiger partial charge is 0.114 e. The average Bonchev–Trinajstić information content (AvgIpc) is 2.60. The van der Waals surface area contributed by atoms with E-state index in [0.717, 1.165) is 11.4 Å². The van der Waals surface area contributed by atoms with E-state index >= 15 is 0 Å². The van der Waals surface area contributed by atoms with Crippen molar-refractivity contribution in [2.24, 2.45) is 4.99 Å². The molecule has 0 saturated heterocycles. The second-order valence-corrected chi connectivity index (χ2v) is 10.7. The van der Waals surface area contributed by atoms with Crippen molar-refractivity contribution in [2.45, 2.75) is 13.1 Å². The molecular formula is C20H18N2Si. The van der Waals surface area contributed by atoms with Gasteiger partial charge >= 0.3 is 0 Å². The molecule has 0 unspecified atom stereocenters. The van der Waals surface area contributed by atoms with Crippen molar-refractivity contribution in [2.75, 3.05) is 0 Å². The van der Waals surface area contributed by atoms with Crippen molar-refractivity contribution in [3.8, 4) is 0 Å². The highest BCUT2D eigenvalue weighted by Gasteiger charge is 2.37. The number of aromatic nitrogens is 1. The summed E-state index contributed by atoms with van der Waals surface area (Å²) < 4.78 is 0. The van der Waals surface area contributed by atoms with E-state index in [4.69, 9.17) is 4.99 Å². The van der Waals surface area contributed by atoms with Crippen LogP contribution in [0.1, 0.15) is 11.1 Å². The van der Waals surface area contributed by atoms with Crippen molar-refractivity contribution in [3.63, 3.8) is 0 Å². The maximum absolute atomic E-state index is 4.97. The third-order valence-electron chi connectivity index (χ3n) is 4.60. The number of aliphatic imine (C=N–C) groups is 1. The fourth-order valence-corrected chi connectivity index (χ4v) is 6.43. The van der Waals surface area contributed by atoms with Gasteiger partial charge in [0.15, 0.2) is 0 Å².